The van der Waals surface area contributed by atoms with Crippen molar-refractivity contribution in [1.82, 2.24) is 9.97 Å². The molecule has 0 unspecified atom stereocenters. The van der Waals surface area contributed by atoms with Crippen molar-refractivity contribution in [2.45, 2.75) is 50.7 Å². The Bertz CT molecular complexity index is 610. The van der Waals surface area contributed by atoms with Crippen molar-refractivity contribution in [3.8, 4) is 0 Å². The Balaban J connectivity index is 2.06. The molecule has 0 aromatic carbocycles. The van der Waals surface area contributed by atoms with Crippen LogP contribution in [-0.2, 0) is 0 Å². The molecule has 5 heteroatoms. The maximum Gasteiger partial charge on any atom is 0.482 e. The van der Waals surface area contributed by atoms with E-state index >= 15 is 0 Å². The molecule has 0 saturated heterocycles. The van der Waals surface area contributed by atoms with Crippen LogP contribution in [0.2, 0.25) is 5.28 Å². The van der Waals surface area contributed by atoms with Crippen LogP contribution >= 0.6 is 0 Å². The number of unbranched alkanes of at least 4 members (excludes halogenated alkanes) is 5. The normalized spacial score (nSPS) is 10.4. The fourth-order valence-electron chi connectivity index (χ4n) is 2.88. The fourth-order valence-corrected chi connectivity index (χ4v) is 5.40. The van der Waals surface area contributed by atoms with Gasteiger partial charge in [0.2, 0.25) is 0 Å². The Morgan fingerprint density at radius 3 is 1.80 bits per heavy atom. The van der Waals surface area contributed by atoms with Crippen LogP contribution in [0.15, 0.2) is 48.8 Å². The Morgan fingerprint density at radius 1 is 0.800 bits per heavy atom. The second-order valence-electron chi connectivity index (χ2n) is 6.27. The lowest BCUT2D eigenvalue weighted by Crippen LogP contribution is -2.36. The number of carbonyl (C=O) groups excluding carboxylic acids is 2. The Kier molecular flexibility index (Phi) is 8.51. The van der Waals surface area contributed by atoms with Crippen LogP contribution in [0.4, 0.5) is 0 Å². The Hall–Kier alpha value is -1.83. The van der Waals surface area contributed by atoms with Crippen molar-refractivity contribution in [3.05, 3.63) is 60.2 Å². The lowest BCUT2D eigenvalue weighted by atomic mass is 10.1. The molecule has 0 radical (unpaired) electrons. The van der Waals surface area contributed by atoms with Crippen LogP contribution in [-0.4, -0.2) is 33.4 Å². The molecule has 0 aliphatic rings. The molecular weight excluding hydrogens is 327 g/mol. The third-order valence-electron chi connectivity index (χ3n) is 4.31. The van der Waals surface area contributed by atoms with Gasteiger partial charge in [-0.25, -0.2) is 0 Å². The molecule has 2 heterocycles. The second kappa shape index (κ2) is 10.9. The van der Waals surface area contributed by atoms with E-state index in [4.69, 9.17) is 0 Å². The standard InChI is InChI=1S/C8H17.2C6H4NO.Al/c1-3-5-7-8-6-4-2;2*8-5-6-3-1-2-4-7-6;/h1,3-8H2,2H3;2*1-4H;. The lowest BCUT2D eigenvalue weighted by molar-refractivity contribution is 0.102. The fraction of sp³-hybridized carbons (Fsp3) is 0.400. The SMILES string of the molecule is CCCCCCC[CH2][Al]([C](=O)c1ccccn1)[C](=O)c1ccccn1. The highest BCUT2D eigenvalue weighted by Gasteiger charge is 2.37. The van der Waals surface area contributed by atoms with E-state index in [1.165, 1.54) is 25.7 Å². The summed E-state index contributed by atoms with van der Waals surface area (Å²) >= 11 is -2.34. The monoisotopic (exact) mass is 352 g/mol. The number of nitrogens with zero attached hydrogens (tertiary/aromatic N) is 2. The van der Waals surface area contributed by atoms with Gasteiger partial charge in [-0.1, -0.05) is 62.9 Å². The highest BCUT2D eigenvalue weighted by molar-refractivity contribution is 7.14. The molecule has 0 atom stereocenters. The molecule has 0 amide bonds. The molecule has 0 fully saturated rings. The second-order valence-corrected chi connectivity index (χ2v) is 9.00. The average molecular weight is 352 g/mol. The number of hydrogen-bond donors (Lipinski definition) is 0. The molecule has 2 aromatic rings. The van der Waals surface area contributed by atoms with E-state index in [1.807, 2.05) is 0 Å². The van der Waals surface area contributed by atoms with E-state index in [0.29, 0.717) is 16.7 Å². The van der Waals surface area contributed by atoms with Gasteiger partial charge in [0.25, 0.3) is 0 Å². The average Bonchev–Trinajstić information content (AvgIpc) is 2.68. The minimum Gasteiger partial charge on any atom is -0.313 e. The molecule has 2 rings (SSSR count). The zero-order valence-electron chi connectivity index (χ0n) is 14.9. The maximum absolute atomic E-state index is 12.9. The Labute approximate surface area is 154 Å². The van der Waals surface area contributed by atoms with Crippen LogP contribution in [0.5, 0.6) is 0 Å². The largest absolute Gasteiger partial charge is 0.482 e. The maximum atomic E-state index is 12.9. The first-order chi connectivity index (χ1) is 12.2. The third-order valence-corrected chi connectivity index (χ3v) is 7.16. The van der Waals surface area contributed by atoms with Crippen LogP contribution in [0.25, 0.3) is 0 Å². The molecule has 0 aliphatic carbocycles. The smallest absolute Gasteiger partial charge is 0.313 e. The van der Waals surface area contributed by atoms with E-state index < -0.39 is 14.1 Å². The summed E-state index contributed by atoms with van der Waals surface area (Å²) < 4.78 is -0.130. The van der Waals surface area contributed by atoms with E-state index in [-0.39, 0.29) is 9.29 Å². The van der Waals surface area contributed by atoms with Gasteiger partial charge in [0.1, 0.15) is 9.29 Å². The predicted molar refractivity (Wildman–Crippen MR) is 101 cm³/mol. The van der Waals surface area contributed by atoms with E-state index in [1.54, 1.807) is 48.8 Å². The van der Waals surface area contributed by atoms with Crippen molar-refractivity contribution in [1.29, 1.82) is 0 Å². The lowest BCUT2D eigenvalue weighted by Gasteiger charge is -2.09. The van der Waals surface area contributed by atoms with Gasteiger partial charge >= 0.3 is 14.1 Å². The van der Waals surface area contributed by atoms with Gasteiger partial charge in [-0.05, 0) is 24.3 Å². The number of hydrogen-bond acceptors (Lipinski definition) is 4. The van der Waals surface area contributed by atoms with Crippen LogP contribution < -0.4 is 0 Å². The number of aromatic nitrogens is 2. The summed E-state index contributed by atoms with van der Waals surface area (Å²) in [6, 6.07) is 10.6. The first-order valence-corrected chi connectivity index (χ1v) is 11.1. The van der Waals surface area contributed by atoms with E-state index in [2.05, 4.69) is 16.9 Å². The van der Waals surface area contributed by atoms with Gasteiger partial charge in [-0.15, -0.1) is 0 Å². The first kappa shape index (κ1) is 19.5. The minimum absolute atomic E-state index is 0.0650. The third kappa shape index (κ3) is 6.19. The molecule has 0 bridgehead atoms. The molecular formula is C20H25AlN2O2. The molecule has 25 heavy (non-hydrogen) atoms. The van der Waals surface area contributed by atoms with E-state index in [9.17, 15) is 9.59 Å². The molecule has 130 valence electrons. The van der Waals surface area contributed by atoms with Crippen molar-refractivity contribution >= 4 is 23.4 Å². The van der Waals surface area contributed by atoms with Crippen molar-refractivity contribution in [2.24, 2.45) is 0 Å². The summed E-state index contributed by atoms with van der Waals surface area (Å²) in [6.45, 7) is 2.19. The summed E-state index contributed by atoms with van der Waals surface area (Å²) in [5.41, 5.74) is 0.823. The number of rotatable bonds is 11. The van der Waals surface area contributed by atoms with Crippen LogP contribution in [0, 0.1) is 0 Å². The summed E-state index contributed by atoms with van der Waals surface area (Å²) in [5.74, 6) is 0. The van der Waals surface area contributed by atoms with E-state index in [0.717, 1.165) is 12.8 Å². The van der Waals surface area contributed by atoms with Gasteiger partial charge in [0.05, 0.1) is 11.4 Å². The summed E-state index contributed by atoms with van der Waals surface area (Å²) in [4.78, 5) is 34.1. The highest BCUT2D eigenvalue weighted by Crippen LogP contribution is 2.14. The van der Waals surface area contributed by atoms with Crippen LogP contribution in [0.3, 0.4) is 0 Å². The van der Waals surface area contributed by atoms with Gasteiger partial charge in [0.15, 0.2) is 0 Å². The van der Waals surface area contributed by atoms with Gasteiger partial charge < -0.3 is 9.59 Å². The Morgan fingerprint density at radius 2 is 1.32 bits per heavy atom. The predicted octanol–water partition coefficient (Wildman–Crippen LogP) is 4.48. The quantitative estimate of drug-likeness (QED) is 0.442. The van der Waals surface area contributed by atoms with Crippen molar-refractivity contribution in [3.63, 3.8) is 0 Å². The number of carbonyl (C=O) groups is 2. The molecule has 0 N–H and O–H groups in total. The van der Waals surface area contributed by atoms with Crippen molar-refractivity contribution in [2.75, 3.05) is 0 Å². The first-order valence-electron chi connectivity index (χ1n) is 9.14. The molecule has 0 aliphatic heterocycles. The highest BCUT2D eigenvalue weighted by atomic mass is 27.2. The topological polar surface area (TPSA) is 59.9 Å². The summed E-state index contributed by atoms with van der Waals surface area (Å²) in [5, 5.41) is 0.691. The molecule has 0 spiro atoms. The summed E-state index contributed by atoms with van der Waals surface area (Å²) in [6.07, 6.45) is 10.1. The minimum atomic E-state index is -2.34. The van der Waals surface area contributed by atoms with Gasteiger partial charge in [-0.2, -0.15) is 0 Å². The molecule has 2 aromatic heterocycles. The zero-order valence-corrected chi connectivity index (χ0v) is 16.0. The zero-order chi connectivity index (χ0) is 17.9. The van der Waals surface area contributed by atoms with Crippen LogP contribution in [0.1, 0.15) is 66.4 Å². The van der Waals surface area contributed by atoms with Gasteiger partial charge in [-0.3, -0.25) is 9.97 Å². The van der Waals surface area contributed by atoms with Crippen molar-refractivity contribution < 1.29 is 9.59 Å². The number of pyridine rings is 2. The molecule has 0 saturated carbocycles. The molecule has 4 nitrogen and oxygen atoms in total. The van der Waals surface area contributed by atoms with Gasteiger partial charge in [0, 0.05) is 12.4 Å². The summed E-state index contributed by atoms with van der Waals surface area (Å²) in [7, 11) is 0.